The van der Waals surface area contributed by atoms with E-state index in [-0.39, 0.29) is 5.11 Å². The van der Waals surface area contributed by atoms with Gasteiger partial charge in [-0.1, -0.05) is 41.4 Å². The van der Waals surface area contributed by atoms with Crippen molar-refractivity contribution in [1.29, 1.82) is 0 Å². The summed E-state index contributed by atoms with van der Waals surface area (Å²) in [6.07, 6.45) is 1.22. The van der Waals surface area contributed by atoms with Crippen molar-refractivity contribution in [3.05, 3.63) is 57.4 Å². The number of benzene rings is 2. The van der Waals surface area contributed by atoms with Crippen LogP contribution in [0, 0.1) is 0 Å². The second kappa shape index (κ2) is 9.73. The minimum atomic E-state index is -3.21. The lowest BCUT2D eigenvalue weighted by atomic mass is 10.2. The number of carbonyl (C=O) groups is 1. The summed E-state index contributed by atoms with van der Waals surface area (Å²) in [5.74, 6) is -0.408. The van der Waals surface area contributed by atoms with E-state index in [2.05, 4.69) is 15.5 Å². The van der Waals surface area contributed by atoms with E-state index in [9.17, 15) is 13.2 Å². The lowest BCUT2D eigenvalue weighted by Crippen LogP contribution is -2.48. The Morgan fingerprint density at radius 1 is 1.09 bits per heavy atom. The van der Waals surface area contributed by atoms with Crippen molar-refractivity contribution >= 4 is 89.3 Å². The average Bonchev–Trinajstić information content (AvgIpc) is 3.09. The number of nitrogens with one attached hydrogen (secondary N) is 2. The molecule has 0 aliphatic carbocycles. The fourth-order valence-electron chi connectivity index (χ4n) is 3.61. The van der Waals surface area contributed by atoms with Crippen molar-refractivity contribution in [1.82, 2.24) is 9.62 Å². The molecule has 2 N–H and O–H groups in total. The van der Waals surface area contributed by atoms with Crippen LogP contribution in [-0.2, 0) is 10.0 Å². The van der Waals surface area contributed by atoms with Crippen LogP contribution in [0.2, 0.25) is 10.0 Å². The van der Waals surface area contributed by atoms with Gasteiger partial charge in [0, 0.05) is 41.3 Å². The maximum absolute atomic E-state index is 12.8. The first-order chi connectivity index (χ1) is 15.6. The van der Waals surface area contributed by atoms with E-state index < -0.39 is 15.9 Å². The van der Waals surface area contributed by atoms with Gasteiger partial charge in [0.1, 0.15) is 4.88 Å². The van der Waals surface area contributed by atoms with E-state index in [0.29, 0.717) is 46.8 Å². The van der Waals surface area contributed by atoms with E-state index in [1.807, 2.05) is 24.3 Å². The zero-order valence-corrected chi connectivity index (χ0v) is 21.4. The largest absolute Gasteiger partial charge is 0.367 e. The lowest BCUT2D eigenvalue weighted by molar-refractivity contribution is 0.0982. The predicted octanol–water partition coefficient (Wildman–Crippen LogP) is 4.42. The summed E-state index contributed by atoms with van der Waals surface area (Å²) >= 11 is 19.1. The van der Waals surface area contributed by atoms with Crippen molar-refractivity contribution < 1.29 is 13.2 Å². The molecule has 0 unspecified atom stereocenters. The molecule has 3 aromatic rings. The quantitative estimate of drug-likeness (QED) is 0.475. The second-order valence-electron chi connectivity index (χ2n) is 7.46. The highest BCUT2D eigenvalue weighted by Crippen LogP contribution is 2.36. The number of thiocarbonyl (C=S) groups is 1. The first kappa shape index (κ1) is 24.2. The third kappa shape index (κ3) is 5.42. The van der Waals surface area contributed by atoms with Gasteiger partial charge in [-0.05, 0) is 36.5 Å². The average molecular weight is 544 g/mol. The summed E-state index contributed by atoms with van der Waals surface area (Å²) in [6.45, 7) is 1.90. The highest BCUT2D eigenvalue weighted by Gasteiger charge is 2.25. The number of sulfonamides is 1. The molecule has 0 spiro atoms. The number of rotatable bonds is 4. The second-order valence-corrected chi connectivity index (χ2v) is 11.7. The van der Waals surface area contributed by atoms with Crippen LogP contribution in [0.4, 0.5) is 11.4 Å². The number of anilines is 2. The number of hydrogen-bond acceptors (Lipinski definition) is 6. The molecule has 1 aliphatic rings. The van der Waals surface area contributed by atoms with Crippen LogP contribution < -0.4 is 15.5 Å². The van der Waals surface area contributed by atoms with Gasteiger partial charge in [-0.15, -0.1) is 11.3 Å². The van der Waals surface area contributed by atoms with Crippen LogP contribution in [0.5, 0.6) is 0 Å². The molecule has 1 saturated heterocycles. The zero-order valence-electron chi connectivity index (χ0n) is 17.5. The Kier molecular flexibility index (Phi) is 7.13. The van der Waals surface area contributed by atoms with Crippen molar-refractivity contribution in [2.75, 3.05) is 42.7 Å². The minimum Gasteiger partial charge on any atom is -0.367 e. The number of carbonyl (C=O) groups excluding carboxylic acids is 1. The molecule has 4 rings (SSSR count). The number of thiophene rings is 1. The van der Waals surface area contributed by atoms with Crippen molar-refractivity contribution in [2.24, 2.45) is 0 Å². The topological polar surface area (TPSA) is 81.8 Å². The fourth-order valence-corrected chi connectivity index (χ4v) is 6.33. The van der Waals surface area contributed by atoms with Gasteiger partial charge in [0.15, 0.2) is 5.11 Å². The molecule has 12 heteroatoms. The van der Waals surface area contributed by atoms with Crippen molar-refractivity contribution in [3.8, 4) is 0 Å². The van der Waals surface area contributed by atoms with Gasteiger partial charge in [-0.2, -0.15) is 4.31 Å². The Bertz CT molecular complexity index is 1340. The molecular formula is C21H20Cl2N4O3S3. The molecule has 1 fully saturated rings. The number of para-hydroxylation sites is 2. The van der Waals surface area contributed by atoms with E-state index in [1.54, 1.807) is 18.2 Å². The van der Waals surface area contributed by atoms with Gasteiger partial charge < -0.3 is 10.2 Å². The third-order valence-corrected chi connectivity index (χ3v) is 8.62. The highest BCUT2D eigenvalue weighted by molar-refractivity contribution is 7.88. The normalized spacial score (nSPS) is 14.9. The van der Waals surface area contributed by atoms with E-state index in [1.165, 1.54) is 21.9 Å². The maximum atomic E-state index is 12.8. The molecule has 2 aromatic carbocycles. The molecule has 1 aromatic heterocycles. The summed E-state index contributed by atoms with van der Waals surface area (Å²) < 4.78 is 25.8. The Labute approximate surface area is 211 Å². The molecule has 7 nitrogen and oxygen atoms in total. The summed E-state index contributed by atoms with van der Waals surface area (Å²) in [5, 5.41) is 7.58. The Balaban J connectivity index is 1.46. The predicted molar refractivity (Wildman–Crippen MR) is 141 cm³/mol. The minimum absolute atomic E-state index is 0.133. The first-order valence-corrected chi connectivity index (χ1v) is 13.8. The van der Waals surface area contributed by atoms with Crippen LogP contribution in [0.1, 0.15) is 9.67 Å². The molecule has 0 bridgehead atoms. The zero-order chi connectivity index (χ0) is 23.8. The third-order valence-electron chi connectivity index (χ3n) is 5.23. The molecule has 2 heterocycles. The molecule has 1 amide bonds. The van der Waals surface area contributed by atoms with E-state index in [0.717, 1.165) is 15.8 Å². The van der Waals surface area contributed by atoms with Crippen LogP contribution in [0.25, 0.3) is 10.1 Å². The summed E-state index contributed by atoms with van der Waals surface area (Å²) in [4.78, 5) is 15.3. The van der Waals surface area contributed by atoms with E-state index >= 15 is 0 Å². The Morgan fingerprint density at radius 2 is 1.79 bits per heavy atom. The van der Waals surface area contributed by atoms with Gasteiger partial charge in [-0.3, -0.25) is 10.1 Å². The summed E-state index contributed by atoms with van der Waals surface area (Å²) in [5.41, 5.74) is 1.58. The molecule has 0 saturated carbocycles. The molecule has 1 aliphatic heterocycles. The van der Waals surface area contributed by atoms with Crippen LogP contribution in [-0.4, -0.2) is 56.2 Å². The number of piperazine rings is 1. The maximum Gasteiger partial charge on any atom is 0.269 e. The van der Waals surface area contributed by atoms with Crippen LogP contribution >= 0.6 is 46.8 Å². The van der Waals surface area contributed by atoms with E-state index in [4.69, 9.17) is 35.4 Å². The standard InChI is InChI=1S/C21H20Cl2N4O3S3/c1-33(29,30)27-10-8-26(9-11-27)16-5-3-2-4-15(16)24-21(31)25-20(28)19-18(23)14-7-6-13(22)12-17(14)32-19/h2-7,12H,8-11H2,1H3,(H2,24,25,28,31). The monoisotopic (exact) mass is 542 g/mol. The molecule has 0 radical (unpaired) electrons. The van der Waals surface area contributed by atoms with Crippen molar-refractivity contribution in [3.63, 3.8) is 0 Å². The smallest absolute Gasteiger partial charge is 0.269 e. The molecular weight excluding hydrogens is 523 g/mol. The summed E-state index contributed by atoms with van der Waals surface area (Å²) in [6, 6.07) is 12.8. The van der Waals surface area contributed by atoms with Crippen LogP contribution in [0.3, 0.4) is 0 Å². The lowest BCUT2D eigenvalue weighted by Gasteiger charge is -2.35. The Hall–Kier alpha value is -1.95. The van der Waals surface area contributed by atoms with Gasteiger partial charge >= 0.3 is 0 Å². The molecule has 33 heavy (non-hydrogen) atoms. The number of amides is 1. The Morgan fingerprint density at radius 3 is 2.48 bits per heavy atom. The summed E-state index contributed by atoms with van der Waals surface area (Å²) in [7, 11) is -3.21. The van der Waals surface area contributed by atoms with Gasteiger partial charge in [0.05, 0.1) is 22.7 Å². The molecule has 0 atom stereocenters. The van der Waals surface area contributed by atoms with Gasteiger partial charge in [0.25, 0.3) is 5.91 Å². The number of halogens is 2. The first-order valence-electron chi connectivity index (χ1n) is 9.92. The number of fused-ring (bicyclic) bond motifs is 1. The van der Waals surface area contributed by atoms with Gasteiger partial charge in [0.2, 0.25) is 10.0 Å². The van der Waals surface area contributed by atoms with Crippen molar-refractivity contribution in [2.45, 2.75) is 0 Å². The highest BCUT2D eigenvalue weighted by atomic mass is 35.5. The van der Waals surface area contributed by atoms with Crippen LogP contribution in [0.15, 0.2) is 42.5 Å². The number of nitrogens with zero attached hydrogens (tertiary/aromatic N) is 2. The number of hydrogen-bond donors (Lipinski definition) is 2. The SMILES string of the molecule is CS(=O)(=O)N1CCN(c2ccccc2NC(=S)NC(=O)c2sc3cc(Cl)ccc3c2Cl)CC1. The fraction of sp³-hybridized carbons (Fsp3) is 0.238. The molecule has 174 valence electrons. The van der Waals surface area contributed by atoms with Gasteiger partial charge in [-0.25, -0.2) is 8.42 Å².